The summed E-state index contributed by atoms with van der Waals surface area (Å²) in [6.07, 6.45) is 0. The molecule has 0 aliphatic carbocycles. The number of benzene rings is 1. The monoisotopic (exact) mass is 220 g/mol. The minimum atomic E-state index is -0.441. The van der Waals surface area contributed by atoms with Gasteiger partial charge in [0.2, 0.25) is 0 Å². The minimum absolute atomic E-state index is 0.311. The van der Waals surface area contributed by atoms with E-state index in [2.05, 4.69) is 11.3 Å². The lowest BCUT2D eigenvalue weighted by Gasteiger charge is -2.13. The van der Waals surface area contributed by atoms with E-state index < -0.39 is 5.97 Å². The Balaban J connectivity index is 3.31. The van der Waals surface area contributed by atoms with Crippen molar-refractivity contribution in [1.82, 2.24) is 0 Å². The van der Waals surface area contributed by atoms with Crippen LogP contribution in [-0.4, -0.2) is 20.2 Å². The van der Waals surface area contributed by atoms with Crippen LogP contribution in [0.25, 0.3) is 5.57 Å². The highest BCUT2D eigenvalue weighted by atomic mass is 16.5. The third-order valence-electron chi connectivity index (χ3n) is 2.38. The summed E-state index contributed by atoms with van der Waals surface area (Å²) in [7, 11) is 2.91. The van der Waals surface area contributed by atoms with Gasteiger partial charge in [-0.1, -0.05) is 12.6 Å². The summed E-state index contributed by atoms with van der Waals surface area (Å²) in [5, 5.41) is 0. The molecule has 0 aliphatic heterocycles. The first kappa shape index (κ1) is 12.3. The Morgan fingerprint density at radius 3 is 2.38 bits per heavy atom. The summed E-state index contributed by atoms with van der Waals surface area (Å²) >= 11 is 0. The Morgan fingerprint density at radius 2 is 1.88 bits per heavy atom. The normalized spacial score (nSPS) is 9.75. The smallest absolute Gasteiger partial charge is 0.337 e. The van der Waals surface area contributed by atoms with Crippen molar-refractivity contribution in [3.63, 3.8) is 0 Å². The van der Waals surface area contributed by atoms with Crippen LogP contribution in [0, 0.1) is 13.8 Å². The van der Waals surface area contributed by atoms with E-state index in [9.17, 15) is 4.79 Å². The predicted molar refractivity (Wildman–Crippen MR) is 63.5 cm³/mol. The number of esters is 1. The van der Waals surface area contributed by atoms with Crippen molar-refractivity contribution >= 4 is 11.5 Å². The van der Waals surface area contributed by atoms with Gasteiger partial charge in [-0.25, -0.2) is 4.79 Å². The molecule has 3 nitrogen and oxygen atoms in total. The largest absolute Gasteiger partial charge is 0.496 e. The molecule has 0 unspecified atom stereocenters. The van der Waals surface area contributed by atoms with Crippen LogP contribution >= 0.6 is 0 Å². The minimum Gasteiger partial charge on any atom is -0.496 e. The van der Waals surface area contributed by atoms with Crippen LogP contribution < -0.4 is 4.74 Å². The molecule has 0 saturated heterocycles. The quantitative estimate of drug-likeness (QED) is 0.580. The fourth-order valence-corrected chi connectivity index (χ4v) is 1.68. The Morgan fingerprint density at radius 1 is 1.25 bits per heavy atom. The van der Waals surface area contributed by atoms with E-state index in [0.29, 0.717) is 16.9 Å². The molecule has 0 atom stereocenters. The van der Waals surface area contributed by atoms with Crippen molar-refractivity contribution in [3.8, 4) is 5.75 Å². The SMILES string of the molecule is C=C(C(=O)OC)c1cc(C)cc(C)c1OC. The average Bonchev–Trinajstić information content (AvgIpc) is 2.26. The zero-order chi connectivity index (χ0) is 12.3. The molecule has 0 N–H and O–H groups in total. The van der Waals surface area contributed by atoms with Crippen LogP contribution in [0.2, 0.25) is 0 Å². The summed E-state index contributed by atoms with van der Waals surface area (Å²) < 4.78 is 9.93. The maximum atomic E-state index is 11.4. The maximum absolute atomic E-state index is 11.4. The van der Waals surface area contributed by atoms with E-state index in [4.69, 9.17) is 4.74 Å². The van der Waals surface area contributed by atoms with Crippen molar-refractivity contribution in [2.45, 2.75) is 13.8 Å². The maximum Gasteiger partial charge on any atom is 0.337 e. The molecular weight excluding hydrogens is 204 g/mol. The van der Waals surface area contributed by atoms with Gasteiger partial charge in [-0.3, -0.25) is 0 Å². The molecule has 1 aromatic carbocycles. The van der Waals surface area contributed by atoms with Crippen LogP contribution in [0.4, 0.5) is 0 Å². The van der Waals surface area contributed by atoms with Gasteiger partial charge in [-0.2, -0.15) is 0 Å². The van der Waals surface area contributed by atoms with E-state index in [1.807, 2.05) is 26.0 Å². The Labute approximate surface area is 95.7 Å². The van der Waals surface area contributed by atoms with Gasteiger partial charge in [0.05, 0.1) is 19.8 Å². The summed E-state index contributed by atoms with van der Waals surface area (Å²) in [4.78, 5) is 11.4. The zero-order valence-electron chi connectivity index (χ0n) is 10.1. The van der Waals surface area contributed by atoms with Crippen LogP contribution in [-0.2, 0) is 9.53 Å². The topological polar surface area (TPSA) is 35.5 Å². The van der Waals surface area contributed by atoms with E-state index >= 15 is 0 Å². The fourth-order valence-electron chi connectivity index (χ4n) is 1.68. The van der Waals surface area contributed by atoms with Gasteiger partial charge in [-0.05, 0) is 31.0 Å². The first-order valence-electron chi connectivity index (χ1n) is 4.94. The van der Waals surface area contributed by atoms with Gasteiger partial charge >= 0.3 is 5.97 Å². The molecule has 0 aromatic heterocycles. The van der Waals surface area contributed by atoms with Gasteiger partial charge in [-0.15, -0.1) is 0 Å². The molecule has 16 heavy (non-hydrogen) atoms. The van der Waals surface area contributed by atoms with Gasteiger partial charge in [0, 0.05) is 5.56 Å². The first-order valence-corrected chi connectivity index (χ1v) is 4.94. The third-order valence-corrected chi connectivity index (χ3v) is 2.38. The first-order chi connectivity index (χ1) is 7.51. The molecule has 0 spiro atoms. The standard InChI is InChI=1S/C13H16O3/c1-8-6-9(2)12(15-4)11(7-8)10(3)13(14)16-5/h6-7H,3H2,1-2,4-5H3. The summed E-state index contributed by atoms with van der Waals surface area (Å²) in [6.45, 7) is 7.62. The molecule has 0 aliphatic rings. The molecule has 0 saturated carbocycles. The van der Waals surface area contributed by atoms with Crippen molar-refractivity contribution in [2.24, 2.45) is 0 Å². The molecule has 1 rings (SSSR count). The lowest BCUT2D eigenvalue weighted by atomic mass is 10.00. The van der Waals surface area contributed by atoms with Crippen molar-refractivity contribution in [1.29, 1.82) is 0 Å². The van der Waals surface area contributed by atoms with Crippen LogP contribution in [0.15, 0.2) is 18.7 Å². The van der Waals surface area contributed by atoms with E-state index in [1.165, 1.54) is 7.11 Å². The van der Waals surface area contributed by atoms with Crippen molar-refractivity contribution < 1.29 is 14.3 Å². The highest BCUT2D eigenvalue weighted by molar-refractivity contribution is 6.16. The zero-order valence-corrected chi connectivity index (χ0v) is 10.1. The second-order valence-electron chi connectivity index (χ2n) is 3.63. The van der Waals surface area contributed by atoms with E-state index in [-0.39, 0.29) is 0 Å². The van der Waals surface area contributed by atoms with Gasteiger partial charge in [0.25, 0.3) is 0 Å². The number of aryl methyl sites for hydroxylation is 2. The Kier molecular flexibility index (Phi) is 3.72. The highest BCUT2D eigenvalue weighted by Crippen LogP contribution is 2.30. The molecule has 0 bridgehead atoms. The molecule has 86 valence electrons. The van der Waals surface area contributed by atoms with Gasteiger partial charge in [0.1, 0.15) is 5.75 Å². The van der Waals surface area contributed by atoms with Gasteiger partial charge in [0.15, 0.2) is 0 Å². The van der Waals surface area contributed by atoms with Gasteiger partial charge < -0.3 is 9.47 Å². The molecule has 0 amide bonds. The average molecular weight is 220 g/mol. The Bertz CT molecular complexity index is 433. The third kappa shape index (κ3) is 2.24. The van der Waals surface area contributed by atoms with Crippen LogP contribution in [0.3, 0.4) is 0 Å². The molecule has 0 fully saturated rings. The lowest BCUT2D eigenvalue weighted by molar-refractivity contribution is -0.133. The summed E-state index contributed by atoms with van der Waals surface area (Å²) in [6, 6.07) is 3.86. The number of methoxy groups -OCH3 is 2. The fraction of sp³-hybridized carbons (Fsp3) is 0.308. The summed E-state index contributed by atoms with van der Waals surface area (Å²) in [5.74, 6) is 0.226. The summed E-state index contributed by atoms with van der Waals surface area (Å²) in [5.41, 5.74) is 3.03. The number of hydrogen-bond acceptors (Lipinski definition) is 3. The molecule has 3 heteroatoms. The highest BCUT2D eigenvalue weighted by Gasteiger charge is 2.16. The van der Waals surface area contributed by atoms with Crippen molar-refractivity contribution in [2.75, 3.05) is 14.2 Å². The molecular formula is C13H16O3. The second kappa shape index (κ2) is 4.84. The number of carbonyl (C=O) groups is 1. The lowest BCUT2D eigenvalue weighted by Crippen LogP contribution is -2.05. The van der Waals surface area contributed by atoms with Crippen LogP contribution in [0.1, 0.15) is 16.7 Å². The molecule has 0 radical (unpaired) electrons. The number of rotatable bonds is 3. The predicted octanol–water partition coefficient (Wildman–Crippen LogP) is 2.50. The van der Waals surface area contributed by atoms with Crippen molar-refractivity contribution in [3.05, 3.63) is 35.4 Å². The van der Waals surface area contributed by atoms with Crippen LogP contribution in [0.5, 0.6) is 5.75 Å². The van der Waals surface area contributed by atoms with E-state index in [1.54, 1.807) is 7.11 Å². The number of carbonyl (C=O) groups excluding carboxylic acids is 1. The second-order valence-corrected chi connectivity index (χ2v) is 3.63. The van der Waals surface area contributed by atoms with E-state index in [0.717, 1.165) is 11.1 Å². The number of ether oxygens (including phenoxy) is 2. The molecule has 0 heterocycles. The molecule has 1 aromatic rings. The Hall–Kier alpha value is -1.77. The number of hydrogen-bond donors (Lipinski definition) is 0.